The van der Waals surface area contributed by atoms with Gasteiger partial charge in [0.2, 0.25) is 0 Å². The van der Waals surface area contributed by atoms with Crippen molar-refractivity contribution in [1.82, 2.24) is 0 Å². The Kier molecular flexibility index (Phi) is 5.87. The third-order valence-electron chi connectivity index (χ3n) is 2.73. The largest absolute Gasteiger partial charge is 0.0670 e. The molecule has 0 aliphatic rings. The summed E-state index contributed by atoms with van der Waals surface area (Å²) in [5.41, 5.74) is 0. The van der Waals surface area contributed by atoms with Crippen LogP contribution in [0.3, 0.4) is 0 Å². The fourth-order valence-electron chi connectivity index (χ4n) is 1.86. The topological polar surface area (TPSA) is 0 Å². The molecule has 0 bridgehead atoms. The second-order valence-electron chi connectivity index (χ2n) is 4.29. The Morgan fingerprint density at radius 3 is 2.57 bits per heavy atom. The van der Waals surface area contributed by atoms with Crippen molar-refractivity contribution in [2.75, 3.05) is 0 Å². The highest BCUT2D eigenvalue weighted by atomic mass is 28.2. The highest BCUT2D eigenvalue weighted by molar-refractivity contribution is 6.62. The Balaban J connectivity index is 2.23. The van der Waals surface area contributed by atoms with Crippen LogP contribution in [0.4, 0.5) is 0 Å². The van der Waals surface area contributed by atoms with Gasteiger partial charge in [0.05, 0.1) is 9.52 Å². The first-order valence-corrected chi connectivity index (χ1v) is 8.54. The molecule has 1 aromatic rings. The quantitative estimate of drug-likeness (QED) is 0.501. The van der Waals surface area contributed by atoms with Crippen LogP contribution < -0.4 is 5.19 Å². The number of hydrogen-bond acceptors (Lipinski definition) is 0. The van der Waals surface area contributed by atoms with Crippen LogP contribution in [0.5, 0.6) is 0 Å². The average Bonchev–Trinajstić information content (AvgIpc) is 2.20. The first kappa shape index (κ1) is 11.7. The minimum absolute atomic E-state index is 0.0467. The maximum atomic E-state index is 2.32. The minimum Gasteiger partial charge on any atom is -0.0670 e. The lowest BCUT2D eigenvalue weighted by Crippen LogP contribution is -2.19. The zero-order valence-corrected chi connectivity index (χ0v) is 12.9. The Labute approximate surface area is 93.4 Å². The first-order chi connectivity index (χ1) is 6.83. The Morgan fingerprint density at radius 1 is 1.21 bits per heavy atom. The van der Waals surface area contributed by atoms with Gasteiger partial charge in [0.15, 0.2) is 0 Å². The maximum absolute atomic E-state index is 2.32. The SMILES string of the molecule is CCCCCC([SiH3])[SiH2]c1ccccc1. The van der Waals surface area contributed by atoms with Crippen LogP contribution in [0.25, 0.3) is 0 Å². The fourth-order valence-corrected chi connectivity index (χ4v) is 5.53. The molecule has 78 valence electrons. The van der Waals surface area contributed by atoms with E-state index < -0.39 is 0 Å². The van der Waals surface area contributed by atoms with E-state index in [1.54, 1.807) is 5.19 Å². The van der Waals surface area contributed by atoms with E-state index in [-0.39, 0.29) is 9.52 Å². The molecule has 1 unspecified atom stereocenters. The maximum Gasteiger partial charge on any atom is 0.0544 e. The standard InChI is InChI=1S/C12H22Si2/c1-2-3-5-10-12(13)14-11-8-6-4-7-9-11/h4,6-9,12H,2-3,5,10,14H2,1,13H3. The Morgan fingerprint density at radius 2 is 1.93 bits per heavy atom. The molecule has 0 saturated heterocycles. The molecule has 0 amide bonds. The van der Waals surface area contributed by atoms with Crippen molar-refractivity contribution in [1.29, 1.82) is 0 Å². The Hall–Kier alpha value is -0.346. The molecule has 1 atom stereocenters. The molecule has 0 spiro atoms. The summed E-state index contributed by atoms with van der Waals surface area (Å²) in [7, 11) is 1.45. The Bertz CT molecular complexity index is 233. The predicted molar refractivity (Wildman–Crippen MR) is 72.5 cm³/mol. The summed E-state index contributed by atoms with van der Waals surface area (Å²) < 4.78 is 0. The van der Waals surface area contributed by atoms with Gasteiger partial charge in [-0.05, 0) is 0 Å². The molecule has 1 rings (SSSR count). The van der Waals surface area contributed by atoms with Crippen molar-refractivity contribution in [3.8, 4) is 0 Å². The minimum atomic E-state index is 0.0467. The molecule has 0 fully saturated rings. The summed E-state index contributed by atoms with van der Waals surface area (Å²) in [6.45, 7) is 2.29. The second kappa shape index (κ2) is 7.01. The molecule has 14 heavy (non-hydrogen) atoms. The van der Waals surface area contributed by atoms with Gasteiger partial charge in [0.1, 0.15) is 0 Å². The van der Waals surface area contributed by atoms with E-state index in [1.165, 1.54) is 35.9 Å². The van der Waals surface area contributed by atoms with Gasteiger partial charge >= 0.3 is 0 Å². The smallest absolute Gasteiger partial charge is 0.0544 e. The lowest BCUT2D eigenvalue weighted by Gasteiger charge is -2.09. The van der Waals surface area contributed by atoms with E-state index in [0.29, 0.717) is 0 Å². The van der Waals surface area contributed by atoms with Gasteiger partial charge in [0, 0.05) is 10.2 Å². The summed E-state index contributed by atoms with van der Waals surface area (Å²) in [5, 5.41) is 2.77. The molecule has 2 heteroatoms. The number of rotatable bonds is 6. The summed E-state index contributed by atoms with van der Waals surface area (Å²) in [6, 6.07) is 11.1. The van der Waals surface area contributed by atoms with E-state index in [2.05, 4.69) is 37.3 Å². The molecule has 0 aliphatic heterocycles. The summed E-state index contributed by atoms with van der Waals surface area (Å²) in [5.74, 6) is 0. The van der Waals surface area contributed by atoms with Crippen LogP contribution in [0, 0.1) is 0 Å². The van der Waals surface area contributed by atoms with Gasteiger partial charge in [-0.25, -0.2) is 0 Å². The molecule has 0 nitrogen and oxygen atoms in total. The summed E-state index contributed by atoms with van der Waals surface area (Å²) in [4.78, 5) is 0. The van der Waals surface area contributed by atoms with Crippen molar-refractivity contribution in [2.24, 2.45) is 0 Å². The van der Waals surface area contributed by atoms with E-state index >= 15 is 0 Å². The van der Waals surface area contributed by atoms with Crippen molar-refractivity contribution in [2.45, 2.75) is 37.8 Å². The van der Waals surface area contributed by atoms with Crippen LogP contribution in [-0.4, -0.2) is 19.8 Å². The third-order valence-corrected chi connectivity index (χ3v) is 6.58. The van der Waals surface area contributed by atoms with E-state index in [4.69, 9.17) is 0 Å². The first-order valence-electron chi connectivity index (χ1n) is 5.87. The van der Waals surface area contributed by atoms with E-state index in [1.807, 2.05) is 0 Å². The molecular weight excluding hydrogens is 200 g/mol. The zero-order valence-electron chi connectivity index (χ0n) is 9.50. The van der Waals surface area contributed by atoms with Gasteiger partial charge in [-0.15, -0.1) is 0 Å². The van der Waals surface area contributed by atoms with E-state index in [0.717, 1.165) is 5.16 Å². The van der Waals surface area contributed by atoms with Crippen LogP contribution in [0.15, 0.2) is 30.3 Å². The van der Waals surface area contributed by atoms with Gasteiger partial charge in [0.25, 0.3) is 0 Å². The van der Waals surface area contributed by atoms with Gasteiger partial charge in [-0.2, -0.15) is 0 Å². The van der Waals surface area contributed by atoms with Gasteiger partial charge in [-0.1, -0.05) is 73.3 Å². The van der Waals surface area contributed by atoms with Crippen LogP contribution in [-0.2, 0) is 0 Å². The van der Waals surface area contributed by atoms with Gasteiger partial charge < -0.3 is 0 Å². The summed E-state index contributed by atoms with van der Waals surface area (Å²) in [6.07, 6.45) is 5.76. The highest BCUT2D eigenvalue weighted by Gasteiger charge is 2.03. The molecule has 0 aromatic heterocycles. The molecule has 0 saturated carbocycles. The van der Waals surface area contributed by atoms with Crippen molar-refractivity contribution >= 4 is 24.9 Å². The highest BCUT2D eigenvalue weighted by Crippen LogP contribution is 2.10. The fraction of sp³-hybridized carbons (Fsp3) is 0.500. The lowest BCUT2D eigenvalue weighted by molar-refractivity contribution is 0.688. The molecule has 0 N–H and O–H groups in total. The molecule has 0 heterocycles. The lowest BCUT2D eigenvalue weighted by atomic mass is 10.2. The monoisotopic (exact) mass is 222 g/mol. The molecular formula is C12H22Si2. The van der Waals surface area contributed by atoms with Crippen molar-refractivity contribution in [3.63, 3.8) is 0 Å². The second-order valence-corrected chi connectivity index (χ2v) is 10.2. The summed E-state index contributed by atoms with van der Waals surface area (Å²) >= 11 is 0. The zero-order chi connectivity index (χ0) is 10.2. The average molecular weight is 222 g/mol. The van der Waals surface area contributed by atoms with Crippen LogP contribution in [0.2, 0.25) is 5.16 Å². The van der Waals surface area contributed by atoms with Crippen LogP contribution >= 0.6 is 0 Å². The van der Waals surface area contributed by atoms with Crippen molar-refractivity contribution in [3.05, 3.63) is 30.3 Å². The number of benzene rings is 1. The van der Waals surface area contributed by atoms with Crippen molar-refractivity contribution < 1.29 is 0 Å². The molecule has 1 aromatic carbocycles. The predicted octanol–water partition coefficient (Wildman–Crippen LogP) is 1.17. The van der Waals surface area contributed by atoms with E-state index in [9.17, 15) is 0 Å². The van der Waals surface area contributed by atoms with Crippen LogP contribution in [0.1, 0.15) is 32.6 Å². The normalized spacial score (nSPS) is 13.8. The molecule has 0 radical (unpaired) electrons. The number of unbranched alkanes of at least 4 members (excludes halogenated alkanes) is 2. The number of hydrogen-bond donors (Lipinski definition) is 0. The third kappa shape index (κ3) is 4.77. The molecule has 0 aliphatic carbocycles. The van der Waals surface area contributed by atoms with Gasteiger partial charge in [-0.3, -0.25) is 0 Å².